The van der Waals surface area contributed by atoms with Gasteiger partial charge in [0.25, 0.3) is 0 Å². The van der Waals surface area contributed by atoms with Gasteiger partial charge in [-0.15, -0.1) is 0 Å². The molecule has 2 N–H and O–H groups in total. The number of hydrogen-bond acceptors (Lipinski definition) is 4. The lowest BCUT2D eigenvalue weighted by molar-refractivity contribution is -0.118. The van der Waals surface area contributed by atoms with Crippen LogP contribution in [0.15, 0.2) is 18.6 Å². The topological polar surface area (TPSA) is 66.9 Å². The van der Waals surface area contributed by atoms with Crippen LogP contribution in [0, 0.1) is 0 Å². The molecule has 1 amide bonds. The fraction of sp³-hybridized carbons (Fsp3) is 0.500. The SMILES string of the molecule is O=C(Nc1cnccn1)[C@H]1CCCCN1. The summed E-state index contributed by atoms with van der Waals surface area (Å²) >= 11 is 0. The Bertz CT molecular complexity index is 321. The Labute approximate surface area is 88.3 Å². The molecule has 1 aromatic heterocycles. The maximum Gasteiger partial charge on any atom is 0.242 e. The predicted molar refractivity (Wildman–Crippen MR) is 56.3 cm³/mol. The molecule has 0 aromatic carbocycles. The van der Waals surface area contributed by atoms with E-state index in [4.69, 9.17) is 0 Å². The van der Waals surface area contributed by atoms with Crippen molar-refractivity contribution in [2.75, 3.05) is 11.9 Å². The van der Waals surface area contributed by atoms with Crippen molar-refractivity contribution in [1.82, 2.24) is 15.3 Å². The highest BCUT2D eigenvalue weighted by Crippen LogP contribution is 2.08. The molecule has 1 aliphatic heterocycles. The second kappa shape index (κ2) is 4.84. The van der Waals surface area contributed by atoms with Crippen molar-refractivity contribution in [3.05, 3.63) is 18.6 Å². The van der Waals surface area contributed by atoms with Gasteiger partial charge in [0.2, 0.25) is 5.91 Å². The molecule has 15 heavy (non-hydrogen) atoms. The molecule has 1 saturated heterocycles. The van der Waals surface area contributed by atoms with Crippen LogP contribution >= 0.6 is 0 Å². The van der Waals surface area contributed by atoms with E-state index in [-0.39, 0.29) is 11.9 Å². The van der Waals surface area contributed by atoms with E-state index in [2.05, 4.69) is 20.6 Å². The van der Waals surface area contributed by atoms with Crippen LogP contribution in [0.3, 0.4) is 0 Å². The zero-order chi connectivity index (χ0) is 10.5. The number of rotatable bonds is 2. The molecule has 1 atom stereocenters. The lowest BCUT2D eigenvalue weighted by Crippen LogP contribution is -2.43. The summed E-state index contributed by atoms with van der Waals surface area (Å²) in [4.78, 5) is 19.6. The first-order chi connectivity index (χ1) is 7.36. The second-order valence-electron chi connectivity index (χ2n) is 3.58. The van der Waals surface area contributed by atoms with Crippen LogP contribution in [-0.2, 0) is 4.79 Å². The Morgan fingerprint density at radius 3 is 3.07 bits per heavy atom. The number of nitrogens with zero attached hydrogens (tertiary/aromatic N) is 2. The highest BCUT2D eigenvalue weighted by Gasteiger charge is 2.20. The summed E-state index contributed by atoms with van der Waals surface area (Å²) in [6.07, 6.45) is 7.83. The normalized spacial score (nSPS) is 20.9. The van der Waals surface area contributed by atoms with Gasteiger partial charge >= 0.3 is 0 Å². The lowest BCUT2D eigenvalue weighted by Gasteiger charge is -2.22. The maximum absolute atomic E-state index is 11.7. The summed E-state index contributed by atoms with van der Waals surface area (Å²) in [7, 11) is 0. The van der Waals surface area contributed by atoms with Gasteiger partial charge in [-0.3, -0.25) is 9.78 Å². The van der Waals surface area contributed by atoms with Crippen molar-refractivity contribution < 1.29 is 4.79 Å². The number of nitrogens with one attached hydrogen (secondary N) is 2. The third-order valence-electron chi connectivity index (χ3n) is 2.44. The number of anilines is 1. The molecule has 80 valence electrons. The highest BCUT2D eigenvalue weighted by atomic mass is 16.2. The largest absolute Gasteiger partial charge is 0.308 e. The van der Waals surface area contributed by atoms with Crippen molar-refractivity contribution in [3.8, 4) is 0 Å². The van der Waals surface area contributed by atoms with Crippen LogP contribution < -0.4 is 10.6 Å². The molecule has 0 aliphatic carbocycles. The summed E-state index contributed by atoms with van der Waals surface area (Å²) in [5.74, 6) is 0.491. The van der Waals surface area contributed by atoms with Crippen LogP contribution in [0.1, 0.15) is 19.3 Å². The van der Waals surface area contributed by atoms with E-state index in [1.807, 2.05) is 0 Å². The van der Waals surface area contributed by atoms with Gasteiger partial charge in [0, 0.05) is 12.4 Å². The number of carbonyl (C=O) groups is 1. The molecule has 0 unspecified atom stereocenters. The van der Waals surface area contributed by atoms with Crippen LogP contribution in [0.25, 0.3) is 0 Å². The standard InChI is InChI=1S/C10H14N4O/c15-10(8-3-1-2-4-12-8)14-9-7-11-5-6-13-9/h5-8,12H,1-4H2,(H,13,14,15)/t8-/m1/s1. The minimum absolute atomic E-state index is 0.0183. The molecule has 0 radical (unpaired) electrons. The van der Waals surface area contributed by atoms with Crippen molar-refractivity contribution in [1.29, 1.82) is 0 Å². The highest BCUT2D eigenvalue weighted by molar-refractivity contribution is 5.93. The molecule has 1 fully saturated rings. The van der Waals surface area contributed by atoms with E-state index in [1.54, 1.807) is 18.6 Å². The van der Waals surface area contributed by atoms with Gasteiger partial charge in [0.15, 0.2) is 5.82 Å². The minimum atomic E-state index is -0.0826. The number of hydrogen-bond donors (Lipinski definition) is 2. The first kappa shape index (κ1) is 10.0. The molecule has 0 spiro atoms. The zero-order valence-electron chi connectivity index (χ0n) is 8.44. The fourth-order valence-electron chi connectivity index (χ4n) is 1.65. The summed E-state index contributed by atoms with van der Waals surface area (Å²) in [6, 6.07) is -0.0826. The van der Waals surface area contributed by atoms with E-state index in [9.17, 15) is 4.79 Å². The monoisotopic (exact) mass is 206 g/mol. The van der Waals surface area contributed by atoms with E-state index in [1.165, 1.54) is 0 Å². The summed E-state index contributed by atoms with van der Waals surface area (Å²) in [6.45, 7) is 0.915. The molecule has 1 aliphatic rings. The fourth-order valence-corrected chi connectivity index (χ4v) is 1.65. The van der Waals surface area contributed by atoms with E-state index < -0.39 is 0 Å². The lowest BCUT2D eigenvalue weighted by atomic mass is 10.0. The van der Waals surface area contributed by atoms with Crippen molar-refractivity contribution in [3.63, 3.8) is 0 Å². The quantitative estimate of drug-likeness (QED) is 0.742. The first-order valence-corrected chi connectivity index (χ1v) is 5.16. The van der Waals surface area contributed by atoms with Crippen molar-refractivity contribution in [2.24, 2.45) is 0 Å². The third kappa shape index (κ3) is 2.73. The summed E-state index contributed by atoms with van der Waals surface area (Å²) in [5.41, 5.74) is 0. The average molecular weight is 206 g/mol. The van der Waals surface area contributed by atoms with Gasteiger partial charge in [-0.1, -0.05) is 6.42 Å². The van der Waals surface area contributed by atoms with Gasteiger partial charge < -0.3 is 10.6 Å². The second-order valence-corrected chi connectivity index (χ2v) is 3.58. The third-order valence-corrected chi connectivity index (χ3v) is 2.44. The molecule has 1 aromatic rings. The Morgan fingerprint density at radius 1 is 1.47 bits per heavy atom. The summed E-state index contributed by atoms with van der Waals surface area (Å²) < 4.78 is 0. The molecule has 0 bridgehead atoms. The van der Waals surface area contributed by atoms with Gasteiger partial charge in [-0.25, -0.2) is 4.98 Å². The van der Waals surface area contributed by atoms with Gasteiger partial charge in [-0.05, 0) is 19.4 Å². The smallest absolute Gasteiger partial charge is 0.242 e. The van der Waals surface area contributed by atoms with E-state index in [0.717, 1.165) is 25.8 Å². The minimum Gasteiger partial charge on any atom is -0.308 e. The van der Waals surface area contributed by atoms with Crippen LogP contribution in [0.4, 0.5) is 5.82 Å². The zero-order valence-corrected chi connectivity index (χ0v) is 8.44. The number of piperidine rings is 1. The Hall–Kier alpha value is -1.49. The molecule has 0 saturated carbocycles. The maximum atomic E-state index is 11.7. The number of amides is 1. The predicted octanol–water partition coefficient (Wildman–Crippen LogP) is 0.557. The van der Waals surface area contributed by atoms with Crippen LogP contribution in [0.5, 0.6) is 0 Å². The Kier molecular flexibility index (Phi) is 3.24. The van der Waals surface area contributed by atoms with Crippen molar-refractivity contribution >= 4 is 11.7 Å². The molecule has 5 nitrogen and oxygen atoms in total. The molecule has 5 heteroatoms. The molecular formula is C10H14N4O. The molecular weight excluding hydrogens is 192 g/mol. The number of aromatic nitrogens is 2. The van der Waals surface area contributed by atoms with Gasteiger partial charge in [0.1, 0.15) is 0 Å². The van der Waals surface area contributed by atoms with E-state index >= 15 is 0 Å². The first-order valence-electron chi connectivity index (χ1n) is 5.16. The van der Waals surface area contributed by atoms with Crippen molar-refractivity contribution in [2.45, 2.75) is 25.3 Å². The van der Waals surface area contributed by atoms with Crippen LogP contribution in [0.2, 0.25) is 0 Å². The van der Waals surface area contributed by atoms with E-state index in [0.29, 0.717) is 5.82 Å². The van der Waals surface area contributed by atoms with Gasteiger partial charge in [-0.2, -0.15) is 0 Å². The van der Waals surface area contributed by atoms with Crippen LogP contribution in [-0.4, -0.2) is 28.5 Å². The van der Waals surface area contributed by atoms with Gasteiger partial charge in [0.05, 0.1) is 12.2 Å². The molecule has 2 heterocycles. The summed E-state index contributed by atoms with van der Waals surface area (Å²) in [5, 5.41) is 5.92. The molecule has 2 rings (SSSR count). The average Bonchev–Trinajstić information content (AvgIpc) is 2.31. The number of carbonyl (C=O) groups excluding carboxylic acids is 1. The Morgan fingerprint density at radius 2 is 2.40 bits per heavy atom. The Balaban J connectivity index is 1.91.